The van der Waals surface area contributed by atoms with E-state index in [0.717, 1.165) is 5.56 Å². The van der Waals surface area contributed by atoms with E-state index in [2.05, 4.69) is 48.5 Å². The zero-order chi connectivity index (χ0) is 25.2. The SMILES string of the molecule is COc1cccc(OC)c1C(=O)NC(=S)Nc1ccc2oc(-c3ccc(C(C)(C)C)cc3)nc2c1. The molecule has 1 aromatic heterocycles. The van der Waals surface area contributed by atoms with Crippen LogP contribution in [0.1, 0.15) is 36.7 Å². The molecule has 0 aliphatic carbocycles. The molecule has 35 heavy (non-hydrogen) atoms. The van der Waals surface area contributed by atoms with Crippen molar-refractivity contribution in [3.63, 3.8) is 0 Å². The fourth-order valence-electron chi connectivity index (χ4n) is 3.64. The first kappa shape index (κ1) is 24.2. The molecule has 7 nitrogen and oxygen atoms in total. The van der Waals surface area contributed by atoms with Gasteiger partial charge in [-0.1, -0.05) is 39.0 Å². The van der Waals surface area contributed by atoms with Crippen LogP contribution in [0.2, 0.25) is 0 Å². The number of amides is 1. The molecule has 0 aliphatic rings. The number of carbonyl (C=O) groups is 1. The Morgan fingerprint density at radius 3 is 2.23 bits per heavy atom. The van der Waals surface area contributed by atoms with E-state index in [0.29, 0.717) is 34.2 Å². The Kier molecular flexibility index (Phi) is 6.75. The van der Waals surface area contributed by atoms with Crippen LogP contribution in [-0.4, -0.2) is 30.2 Å². The molecule has 0 fully saturated rings. The molecule has 0 unspecified atom stereocenters. The number of hydrogen-bond acceptors (Lipinski definition) is 6. The fourth-order valence-corrected chi connectivity index (χ4v) is 3.85. The summed E-state index contributed by atoms with van der Waals surface area (Å²) in [5.74, 6) is 0.866. The summed E-state index contributed by atoms with van der Waals surface area (Å²) in [5, 5.41) is 5.82. The van der Waals surface area contributed by atoms with Gasteiger partial charge in [0, 0.05) is 11.3 Å². The molecule has 0 bridgehead atoms. The Morgan fingerprint density at radius 1 is 0.971 bits per heavy atom. The molecule has 0 aliphatic heterocycles. The molecule has 4 aromatic rings. The monoisotopic (exact) mass is 489 g/mol. The van der Waals surface area contributed by atoms with Crippen molar-refractivity contribution in [3.05, 3.63) is 71.8 Å². The van der Waals surface area contributed by atoms with Crippen molar-refractivity contribution in [2.24, 2.45) is 0 Å². The molecular weight excluding hydrogens is 462 g/mol. The maximum absolute atomic E-state index is 12.8. The van der Waals surface area contributed by atoms with Crippen LogP contribution in [0.3, 0.4) is 0 Å². The number of rotatable bonds is 5. The van der Waals surface area contributed by atoms with Crippen LogP contribution in [0.5, 0.6) is 11.5 Å². The zero-order valence-corrected chi connectivity index (χ0v) is 21.1. The number of nitrogens with one attached hydrogen (secondary N) is 2. The van der Waals surface area contributed by atoms with E-state index in [9.17, 15) is 4.79 Å². The number of aromatic nitrogens is 1. The van der Waals surface area contributed by atoms with Crippen LogP contribution >= 0.6 is 12.2 Å². The quantitative estimate of drug-likeness (QED) is 0.336. The highest BCUT2D eigenvalue weighted by atomic mass is 32.1. The van der Waals surface area contributed by atoms with E-state index in [1.54, 1.807) is 18.2 Å². The second kappa shape index (κ2) is 9.76. The lowest BCUT2D eigenvalue weighted by Crippen LogP contribution is -2.34. The Morgan fingerprint density at radius 2 is 1.63 bits per heavy atom. The Labute approximate surface area is 209 Å². The van der Waals surface area contributed by atoms with Crippen LogP contribution < -0.4 is 20.1 Å². The lowest BCUT2D eigenvalue weighted by atomic mass is 9.87. The van der Waals surface area contributed by atoms with E-state index >= 15 is 0 Å². The largest absolute Gasteiger partial charge is 0.496 e. The van der Waals surface area contributed by atoms with Crippen molar-refractivity contribution in [2.45, 2.75) is 26.2 Å². The number of anilines is 1. The summed E-state index contributed by atoms with van der Waals surface area (Å²) >= 11 is 5.35. The van der Waals surface area contributed by atoms with E-state index in [-0.39, 0.29) is 16.1 Å². The first-order valence-electron chi connectivity index (χ1n) is 11.0. The van der Waals surface area contributed by atoms with Crippen LogP contribution in [0.4, 0.5) is 5.69 Å². The average Bonchev–Trinajstić information content (AvgIpc) is 3.26. The molecular formula is C27H27N3O4S. The summed E-state index contributed by atoms with van der Waals surface area (Å²) in [5.41, 5.74) is 4.46. The van der Waals surface area contributed by atoms with Gasteiger partial charge in [0.2, 0.25) is 5.89 Å². The van der Waals surface area contributed by atoms with Crippen molar-refractivity contribution in [1.82, 2.24) is 10.3 Å². The average molecular weight is 490 g/mol. The summed E-state index contributed by atoms with van der Waals surface area (Å²) in [6, 6.07) is 18.8. The standard InChI is InChI=1S/C27H27N3O4S/c1-27(2,3)17-11-9-16(10-12-17)25-29-19-15-18(13-14-20(19)34-25)28-26(35)30-24(31)23-21(32-4)7-6-8-22(23)33-5/h6-15H,1-5H3,(H2,28,30,31,35). The highest BCUT2D eigenvalue weighted by molar-refractivity contribution is 7.80. The molecule has 1 heterocycles. The van der Waals surface area contributed by atoms with Gasteiger partial charge in [0.15, 0.2) is 10.7 Å². The number of carbonyl (C=O) groups excluding carboxylic acids is 1. The molecule has 0 spiro atoms. The number of benzene rings is 3. The maximum atomic E-state index is 12.8. The van der Waals surface area contributed by atoms with Crippen molar-refractivity contribution in [1.29, 1.82) is 0 Å². The molecule has 0 saturated heterocycles. The highest BCUT2D eigenvalue weighted by Gasteiger charge is 2.19. The number of thiocarbonyl (C=S) groups is 1. The van der Waals surface area contributed by atoms with Crippen molar-refractivity contribution >= 4 is 40.0 Å². The number of methoxy groups -OCH3 is 2. The third kappa shape index (κ3) is 5.27. The lowest BCUT2D eigenvalue weighted by Gasteiger charge is -2.18. The Bertz CT molecular complexity index is 1370. The zero-order valence-electron chi connectivity index (χ0n) is 20.3. The van der Waals surface area contributed by atoms with Crippen molar-refractivity contribution in [2.75, 3.05) is 19.5 Å². The van der Waals surface area contributed by atoms with Gasteiger partial charge < -0.3 is 19.2 Å². The second-order valence-electron chi connectivity index (χ2n) is 8.97. The molecule has 180 valence electrons. The lowest BCUT2D eigenvalue weighted by molar-refractivity contribution is 0.0971. The van der Waals surface area contributed by atoms with Gasteiger partial charge in [0.05, 0.1) is 14.2 Å². The van der Waals surface area contributed by atoms with Gasteiger partial charge in [-0.2, -0.15) is 0 Å². The molecule has 1 amide bonds. The summed E-state index contributed by atoms with van der Waals surface area (Å²) in [6.07, 6.45) is 0. The second-order valence-corrected chi connectivity index (χ2v) is 9.38. The topological polar surface area (TPSA) is 85.6 Å². The van der Waals surface area contributed by atoms with Gasteiger partial charge in [-0.05, 0) is 65.7 Å². The van der Waals surface area contributed by atoms with Crippen LogP contribution in [0.25, 0.3) is 22.6 Å². The van der Waals surface area contributed by atoms with Gasteiger partial charge in [-0.3, -0.25) is 10.1 Å². The van der Waals surface area contributed by atoms with Crippen molar-refractivity contribution < 1.29 is 18.7 Å². The molecule has 0 atom stereocenters. The molecule has 3 aromatic carbocycles. The number of ether oxygens (including phenoxy) is 2. The van der Waals surface area contributed by atoms with Gasteiger partial charge >= 0.3 is 0 Å². The predicted octanol–water partition coefficient (Wildman–Crippen LogP) is 5.94. The minimum absolute atomic E-state index is 0.0744. The Balaban J connectivity index is 1.50. The minimum atomic E-state index is -0.444. The number of fused-ring (bicyclic) bond motifs is 1. The predicted molar refractivity (Wildman–Crippen MR) is 141 cm³/mol. The van der Waals surface area contributed by atoms with Crippen LogP contribution in [0.15, 0.2) is 65.1 Å². The number of hydrogen-bond donors (Lipinski definition) is 2. The van der Waals surface area contributed by atoms with Crippen LogP contribution in [0, 0.1) is 0 Å². The van der Waals surface area contributed by atoms with Gasteiger partial charge in [-0.25, -0.2) is 4.98 Å². The summed E-state index contributed by atoms with van der Waals surface area (Å²) in [4.78, 5) is 17.5. The van der Waals surface area contributed by atoms with E-state index in [4.69, 9.17) is 26.1 Å². The smallest absolute Gasteiger partial charge is 0.264 e. The van der Waals surface area contributed by atoms with Gasteiger partial charge in [0.1, 0.15) is 22.6 Å². The molecule has 0 radical (unpaired) electrons. The summed E-state index contributed by atoms with van der Waals surface area (Å²) < 4.78 is 16.5. The third-order valence-electron chi connectivity index (χ3n) is 5.53. The van der Waals surface area contributed by atoms with E-state index in [1.165, 1.54) is 19.8 Å². The number of oxazole rings is 1. The molecule has 0 saturated carbocycles. The summed E-state index contributed by atoms with van der Waals surface area (Å²) in [6.45, 7) is 6.53. The van der Waals surface area contributed by atoms with Crippen LogP contribution in [-0.2, 0) is 5.41 Å². The van der Waals surface area contributed by atoms with E-state index < -0.39 is 5.91 Å². The number of nitrogens with zero attached hydrogens (tertiary/aromatic N) is 1. The fraction of sp³-hybridized carbons (Fsp3) is 0.222. The Hall–Kier alpha value is -3.91. The normalized spacial score (nSPS) is 11.2. The van der Waals surface area contributed by atoms with Crippen molar-refractivity contribution in [3.8, 4) is 23.0 Å². The van der Waals surface area contributed by atoms with Gasteiger partial charge in [-0.15, -0.1) is 0 Å². The summed E-state index contributed by atoms with van der Waals surface area (Å²) in [7, 11) is 2.98. The first-order valence-corrected chi connectivity index (χ1v) is 11.5. The highest BCUT2D eigenvalue weighted by Crippen LogP contribution is 2.30. The maximum Gasteiger partial charge on any atom is 0.264 e. The van der Waals surface area contributed by atoms with Gasteiger partial charge in [0.25, 0.3) is 5.91 Å². The minimum Gasteiger partial charge on any atom is -0.496 e. The molecule has 8 heteroatoms. The van der Waals surface area contributed by atoms with E-state index in [1.807, 2.05) is 30.3 Å². The molecule has 4 rings (SSSR count). The first-order chi connectivity index (χ1) is 16.7. The third-order valence-corrected chi connectivity index (χ3v) is 5.73. The molecule has 2 N–H and O–H groups in total.